The largest absolute Gasteiger partial charge is 0.479 e. The predicted molar refractivity (Wildman–Crippen MR) is 76.6 cm³/mol. The van der Waals surface area contributed by atoms with Crippen LogP contribution in [0.1, 0.15) is 6.92 Å². The van der Waals surface area contributed by atoms with E-state index in [1.807, 2.05) is 18.2 Å². The maximum Gasteiger partial charge on any atom is 0.265 e. The van der Waals surface area contributed by atoms with Crippen LogP contribution in [0, 0.1) is 5.82 Å². The quantitative estimate of drug-likeness (QED) is 0.929. The van der Waals surface area contributed by atoms with Crippen molar-refractivity contribution < 1.29 is 13.9 Å². The summed E-state index contributed by atoms with van der Waals surface area (Å²) in [5.41, 5.74) is 0.679. The highest BCUT2D eigenvalue weighted by atomic mass is 35.5. The highest BCUT2D eigenvalue weighted by Gasteiger charge is 2.16. The van der Waals surface area contributed by atoms with Crippen LogP contribution in [0.3, 0.4) is 0 Å². The number of ether oxygens (including phenoxy) is 1. The van der Waals surface area contributed by atoms with Gasteiger partial charge in [-0.2, -0.15) is 0 Å². The van der Waals surface area contributed by atoms with Gasteiger partial charge in [0.1, 0.15) is 11.6 Å². The van der Waals surface area contributed by atoms with E-state index in [9.17, 15) is 9.18 Å². The lowest BCUT2D eigenvalue weighted by Crippen LogP contribution is -2.30. The van der Waals surface area contributed by atoms with Gasteiger partial charge in [0.15, 0.2) is 6.10 Å². The van der Waals surface area contributed by atoms with Crippen molar-refractivity contribution in [2.24, 2.45) is 0 Å². The van der Waals surface area contributed by atoms with Gasteiger partial charge in [0, 0.05) is 5.69 Å². The molecule has 0 heterocycles. The number of carbonyl (C=O) groups excluding carboxylic acids is 1. The Morgan fingerprint density at radius 3 is 2.60 bits per heavy atom. The summed E-state index contributed by atoms with van der Waals surface area (Å²) in [6, 6.07) is 12.8. The zero-order chi connectivity index (χ0) is 14.5. The highest BCUT2D eigenvalue weighted by Crippen LogP contribution is 2.26. The molecule has 0 saturated carbocycles. The van der Waals surface area contributed by atoms with E-state index in [1.54, 1.807) is 19.1 Å². The molecule has 0 saturated heterocycles. The Kier molecular flexibility index (Phi) is 4.58. The number of halogens is 2. The van der Waals surface area contributed by atoms with Gasteiger partial charge in [0.2, 0.25) is 0 Å². The van der Waals surface area contributed by atoms with E-state index in [4.69, 9.17) is 16.3 Å². The van der Waals surface area contributed by atoms with Gasteiger partial charge in [-0.25, -0.2) is 4.39 Å². The summed E-state index contributed by atoms with van der Waals surface area (Å²) in [6.07, 6.45) is -0.752. The molecule has 104 valence electrons. The summed E-state index contributed by atoms with van der Waals surface area (Å²) in [7, 11) is 0. The van der Waals surface area contributed by atoms with E-state index in [-0.39, 0.29) is 16.7 Å². The fourth-order valence-corrected chi connectivity index (χ4v) is 1.79. The molecule has 1 atom stereocenters. The van der Waals surface area contributed by atoms with Crippen LogP contribution in [0.4, 0.5) is 10.1 Å². The summed E-state index contributed by atoms with van der Waals surface area (Å²) in [4.78, 5) is 11.9. The molecule has 2 aromatic rings. The molecule has 0 unspecified atom stereocenters. The SMILES string of the molecule is C[C@H](Oc1ccc(F)cc1Cl)C(=O)Nc1ccccc1. The molecule has 0 spiro atoms. The maximum absolute atomic E-state index is 12.9. The van der Waals surface area contributed by atoms with Crippen molar-refractivity contribution in [3.05, 3.63) is 59.4 Å². The predicted octanol–water partition coefficient (Wildman–Crippen LogP) is 3.89. The zero-order valence-corrected chi connectivity index (χ0v) is 11.5. The average Bonchev–Trinajstić information content (AvgIpc) is 2.43. The van der Waals surface area contributed by atoms with Crippen LogP contribution < -0.4 is 10.1 Å². The van der Waals surface area contributed by atoms with Gasteiger partial charge in [0.25, 0.3) is 5.91 Å². The van der Waals surface area contributed by atoms with Gasteiger partial charge >= 0.3 is 0 Å². The van der Waals surface area contributed by atoms with Crippen LogP contribution >= 0.6 is 11.6 Å². The first-order chi connectivity index (χ1) is 9.56. The number of carbonyl (C=O) groups is 1. The molecular formula is C15H13ClFNO2. The van der Waals surface area contributed by atoms with Crippen LogP contribution in [0.5, 0.6) is 5.75 Å². The van der Waals surface area contributed by atoms with Gasteiger partial charge < -0.3 is 10.1 Å². The second-order valence-electron chi connectivity index (χ2n) is 4.19. The minimum Gasteiger partial charge on any atom is -0.479 e. The molecule has 0 fully saturated rings. The molecule has 5 heteroatoms. The number of rotatable bonds is 4. The van der Waals surface area contributed by atoms with Crippen molar-refractivity contribution in [3.63, 3.8) is 0 Å². The molecule has 0 aromatic heterocycles. The third-order valence-corrected chi connectivity index (χ3v) is 2.90. The van der Waals surface area contributed by atoms with E-state index < -0.39 is 11.9 Å². The first-order valence-electron chi connectivity index (χ1n) is 6.04. The Labute approximate surface area is 121 Å². The molecule has 0 aliphatic carbocycles. The molecule has 20 heavy (non-hydrogen) atoms. The Balaban J connectivity index is 2.00. The third-order valence-electron chi connectivity index (χ3n) is 2.61. The van der Waals surface area contributed by atoms with Crippen molar-refractivity contribution >= 4 is 23.2 Å². The summed E-state index contributed by atoms with van der Waals surface area (Å²) in [5, 5.41) is 2.84. The lowest BCUT2D eigenvalue weighted by Gasteiger charge is -2.15. The molecular weight excluding hydrogens is 281 g/mol. The van der Waals surface area contributed by atoms with E-state index in [1.165, 1.54) is 12.1 Å². The number of benzene rings is 2. The molecule has 3 nitrogen and oxygen atoms in total. The van der Waals surface area contributed by atoms with Gasteiger partial charge in [-0.3, -0.25) is 4.79 Å². The van der Waals surface area contributed by atoms with E-state index in [0.717, 1.165) is 6.07 Å². The second-order valence-corrected chi connectivity index (χ2v) is 4.60. The number of hydrogen-bond donors (Lipinski definition) is 1. The summed E-state index contributed by atoms with van der Waals surface area (Å²) in [5.74, 6) is -0.496. The van der Waals surface area contributed by atoms with E-state index in [2.05, 4.69) is 5.32 Å². The van der Waals surface area contributed by atoms with Crippen molar-refractivity contribution in [1.82, 2.24) is 0 Å². The molecule has 1 N–H and O–H groups in total. The summed E-state index contributed by atoms with van der Waals surface area (Å²) >= 11 is 5.84. The lowest BCUT2D eigenvalue weighted by atomic mass is 10.3. The normalized spacial score (nSPS) is 11.8. The van der Waals surface area contributed by atoms with Crippen LogP contribution in [-0.2, 0) is 4.79 Å². The highest BCUT2D eigenvalue weighted by molar-refractivity contribution is 6.32. The fourth-order valence-electron chi connectivity index (χ4n) is 1.58. The maximum atomic E-state index is 12.9. The number of nitrogens with one attached hydrogen (secondary N) is 1. The zero-order valence-electron chi connectivity index (χ0n) is 10.8. The van der Waals surface area contributed by atoms with Crippen molar-refractivity contribution in [3.8, 4) is 5.75 Å². The van der Waals surface area contributed by atoms with Gasteiger partial charge in [-0.1, -0.05) is 29.8 Å². The standard InChI is InChI=1S/C15H13ClFNO2/c1-10(15(19)18-12-5-3-2-4-6-12)20-14-8-7-11(17)9-13(14)16/h2-10H,1H3,(H,18,19)/t10-/m0/s1. The average molecular weight is 294 g/mol. The molecule has 2 aromatic carbocycles. The smallest absolute Gasteiger partial charge is 0.265 e. The number of amides is 1. The molecule has 0 radical (unpaired) electrons. The fraction of sp³-hybridized carbons (Fsp3) is 0.133. The molecule has 0 bridgehead atoms. The first-order valence-corrected chi connectivity index (χ1v) is 6.41. The molecule has 0 aliphatic rings. The van der Waals surface area contributed by atoms with Crippen molar-refractivity contribution in [2.45, 2.75) is 13.0 Å². The van der Waals surface area contributed by atoms with Gasteiger partial charge in [0.05, 0.1) is 5.02 Å². The van der Waals surface area contributed by atoms with Crippen LogP contribution in [0.2, 0.25) is 5.02 Å². The van der Waals surface area contributed by atoms with E-state index in [0.29, 0.717) is 5.69 Å². The summed E-state index contributed by atoms with van der Waals surface area (Å²) < 4.78 is 18.3. The minimum absolute atomic E-state index is 0.129. The Hall–Kier alpha value is -2.07. The Morgan fingerprint density at radius 1 is 1.25 bits per heavy atom. The number of para-hydroxylation sites is 1. The molecule has 1 amide bonds. The lowest BCUT2D eigenvalue weighted by molar-refractivity contribution is -0.122. The first kappa shape index (κ1) is 14.3. The molecule has 2 rings (SSSR count). The second kappa shape index (κ2) is 6.39. The summed E-state index contributed by atoms with van der Waals surface area (Å²) in [6.45, 7) is 1.60. The van der Waals surface area contributed by atoms with E-state index >= 15 is 0 Å². The van der Waals surface area contributed by atoms with Crippen LogP contribution in [0.15, 0.2) is 48.5 Å². The van der Waals surface area contributed by atoms with Crippen molar-refractivity contribution in [2.75, 3.05) is 5.32 Å². The Bertz CT molecular complexity index is 604. The topological polar surface area (TPSA) is 38.3 Å². The van der Waals surface area contributed by atoms with Gasteiger partial charge in [-0.05, 0) is 37.3 Å². The van der Waals surface area contributed by atoms with Gasteiger partial charge in [-0.15, -0.1) is 0 Å². The molecule has 0 aliphatic heterocycles. The minimum atomic E-state index is -0.752. The van der Waals surface area contributed by atoms with Crippen LogP contribution in [0.25, 0.3) is 0 Å². The Morgan fingerprint density at radius 2 is 1.95 bits per heavy atom. The number of anilines is 1. The monoisotopic (exact) mass is 293 g/mol. The van der Waals surface area contributed by atoms with Crippen LogP contribution in [-0.4, -0.2) is 12.0 Å². The van der Waals surface area contributed by atoms with Crippen molar-refractivity contribution in [1.29, 1.82) is 0 Å². The third kappa shape index (κ3) is 3.71. The number of hydrogen-bond acceptors (Lipinski definition) is 2.